The summed E-state index contributed by atoms with van der Waals surface area (Å²) in [6, 6.07) is 21.4. The van der Waals surface area contributed by atoms with Crippen molar-refractivity contribution in [1.82, 2.24) is 0 Å². The molecule has 0 bridgehead atoms. The van der Waals surface area contributed by atoms with E-state index < -0.39 is 5.92 Å². The largest absolute Gasteiger partial charge is 0.313 e. The summed E-state index contributed by atoms with van der Waals surface area (Å²) in [4.78, 5) is 30.1. The summed E-state index contributed by atoms with van der Waals surface area (Å²) < 4.78 is 0. The molecule has 6 rings (SSSR count). The SMILES string of the molecule is Cc1ccc(N2C3=C(C(=O)CC(C)(C)C3)C(c3ccc(Cl)c(Cl)c3)C3=C2c2ccccc2C3=O)cc1. The minimum atomic E-state index is -0.505. The lowest BCUT2D eigenvalue weighted by atomic mass is 9.68. The lowest BCUT2D eigenvalue weighted by Crippen LogP contribution is -2.39. The molecule has 0 amide bonds. The van der Waals surface area contributed by atoms with Gasteiger partial charge in [0.05, 0.1) is 15.7 Å². The number of fused-ring (bicyclic) bond motifs is 2. The van der Waals surface area contributed by atoms with E-state index in [1.54, 1.807) is 12.1 Å². The molecule has 1 heterocycles. The van der Waals surface area contributed by atoms with Crippen molar-refractivity contribution in [2.75, 3.05) is 4.90 Å². The Balaban J connectivity index is 1.70. The van der Waals surface area contributed by atoms with E-state index in [9.17, 15) is 9.59 Å². The molecule has 0 fully saturated rings. The van der Waals surface area contributed by atoms with Crippen LogP contribution in [0.25, 0.3) is 5.70 Å². The van der Waals surface area contributed by atoms with Crippen LogP contribution >= 0.6 is 23.2 Å². The van der Waals surface area contributed by atoms with E-state index in [2.05, 4.69) is 49.9 Å². The molecule has 3 aliphatic rings. The van der Waals surface area contributed by atoms with E-state index in [4.69, 9.17) is 23.2 Å². The van der Waals surface area contributed by atoms with Gasteiger partial charge in [-0.05, 0) is 48.6 Å². The minimum absolute atomic E-state index is 0.0435. The Morgan fingerprint density at radius 3 is 2.22 bits per heavy atom. The van der Waals surface area contributed by atoms with Gasteiger partial charge in [-0.25, -0.2) is 0 Å². The van der Waals surface area contributed by atoms with E-state index in [0.717, 1.165) is 33.8 Å². The van der Waals surface area contributed by atoms with Crippen molar-refractivity contribution in [3.05, 3.63) is 116 Å². The fraction of sp³-hybridized carbons (Fsp3) is 0.226. The molecule has 180 valence electrons. The minimum Gasteiger partial charge on any atom is -0.313 e. The van der Waals surface area contributed by atoms with Gasteiger partial charge in [0.2, 0.25) is 0 Å². The molecule has 3 aromatic rings. The number of anilines is 1. The molecule has 0 radical (unpaired) electrons. The molecular formula is C31H25Cl2NO2. The zero-order valence-electron chi connectivity index (χ0n) is 20.4. The van der Waals surface area contributed by atoms with Gasteiger partial charge in [-0.1, -0.05) is 85.1 Å². The fourth-order valence-electron chi connectivity index (χ4n) is 5.91. The third-order valence-corrected chi connectivity index (χ3v) is 8.20. The number of nitrogens with zero attached hydrogens (tertiary/aromatic N) is 1. The predicted octanol–water partition coefficient (Wildman–Crippen LogP) is 8.16. The van der Waals surface area contributed by atoms with Crippen molar-refractivity contribution in [1.29, 1.82) is 0 Å². The van der Waals surface area contributed by atoms with Crippen LogP contribution in [0.1, 0.15) is 59.7 Å². The number of benzene rings is 3. The third kappa shape index (κ3) is 3.48. The van der Waals surface area contributed by atoms with Crippen LogP contribution in [0.15, 0.2) is 83.6 Å². The van der Waals surface area contributed by atoms with Crippen LogP contribution in [0.2, 0.25) is 10.0 Å². The molecule has 36 heavy (non-hydrogen) atoms. The monoisotopic (exact) mass is 513 g/mol. The summed E-state index contributed by atoms with van der Waals surface area (Å²) in [7, 11) is 0. The van der Waals surface area contributed by atoms with Crippen molar-refractivity contribution in [2.24, 2.45) is 5.41 Å². The van der Waals surface area contributed by atoms with Crippen molar-refractivity contribution in [2.45, 2.75) is 39.5 Å². The average Bonchev–Trinajstić information content (AvgIpc) is 3.12. The number of allylic oxidation sites excluding steroid dienone is 3. The summed E-state index contributed by atoms with van der Waals surface area (Å²) in [5.41, 5.74) is 7.39. The van der Waals surface area contributed by atoms with Gasteiger partial charge in [0, 0.05) is 46.0 Å². The molecule has 3 aromatic carbocycles. The number of carbonyl (C=O) groups is 2. The highest BCUT2D eigenvalue weighted by atomic mass is 35.5. The lowest BCUT2D eigenvalue weighted by Gasteiger charge is -2.44. The van der Waals surface area contributed by atoms with Crippen molar-refractivity contribution in [3.8, 4) is 0 Å². The number of Topliss-reactive ketones (excluding diaryl/α,β-unsaturated/α-hetero) is 2. The molecular weight excluding hydrogens is 489 g/mol. The van der Waals surface area contributed by atoms with E-state index in [0.29, 0.717) is 39.6 Å². The Kier molecular flexibility index (Phi) is 5.30. The van der Waals surface area contributed by atoms with Crippen molar-refractivity contribution < 1.29 is 9.59 Å². The second-order valence-corrected chi connectivity index (χ2v) is 11.5. The van der Waals surface area contributed by atoms with E-state index in [-0.39, 0.29) is 17.0 Å². The first-order chi connectivity index (χ1) is 17.2. The lowest BCUT2D eigenvalue weighted by molar-refractivity contribution is -0.118. The second kappa shape index (κ2) is 8.19. The number of aryl methyl sites for hydroxylation is 1. The summed E-state index contributed by atoms with van der Waals surface area (Å²) in [6.07, 6.45) is 1.14. The van der Waals surface area contributed by atoms with Gasteiger partial charge in [-0.3, -0.25) is 9.59 Å². The number of hydrogen-bond acceptors (Lipinski definition) is 3. The molecule has 2 aliphatic carbocycles. The van der Waals surface area contributed by atoms with Gasteiger partial charge in [0.25, 0.3) is 0 Å². The smallest absolute Gasteiger partial charge is 0.192 e. The number of halogens is 2. The molecule has 0 saturated heterocycles. The first-order valence-electron chi connectivity index (χ1n) is 12.1. The first-order valence-corrected chi connectivity index (χ1v) is 12.9. The van der Waals surface area contributed by atoms with Crippen LogP contribution in [0.3, 0.4) is 0 Å². The van der Waals surface area contributed by atoms with Crippen LogP contribution in [-0.2, 0) is 4.79 Å². The Hall–Kier alpha value is -3.14. The summed E-state index contributed by atoms with van der Waals surface area (Å²) in [5, 5.41) is 0.851. The molecule has 5 heteroatoms. The maximum atomic E-state index is 14.0. The van der Waals surface area contributed by atoms with E-state index >= 15 is 0 Å². The van der Waals surface area contributed by atoms with E-state index in [1.165, 1.54) is 0 Å². The molecule has 1 aliphatic heterocycles. The quantitative estimate of drug-likeness (QED) is 0.346. The number of hydrogen-bond donors (Lipinski definition) is 0. The maximum absolute atomic E-state index is 14.0. The molecule has 1 atom stereocenters. The highest BCUT2D eigenvalue weighted by molar-refractivity contribution is 6.42. The standard InChI is InChI=1S/C31H25Cl2NO2/c1-17-8-11-19(12-9-17)34-24-15-31(2,3)16-25(35)27(24)26(18-10-13-22(32)23(33)14-18)28-29(34)20-6-4-5-7-21(20)30(28)36/h4-14,26H,15-16H2,1-3H3. The van der Waals surface area contributed by atoms with Crippen LogP contribution in [0.4, 0.5) is 5.69 Å². The van der Waals surface area contributed by atoms with Gasteiger partial charge in [0.15, 0.2) is 11.6 Å². The Morgan fingerprint density at radius 2 is 1.53 bits per heavy atom. The van der Waals surface area contributed by atoms with Crippen molar-refractivity contribution >= 4 is 46.2 Å². The van der Waals surface area contributed by atoms with Gasteiger partial charge >= 0.3 is 0 Å². The number of rotatable bonds is 2. The topological polar surface area (TPSA) is 37.4 Å². The highest BCUT2D eigenvalue weighted by Gasteiger charge is 2.49. The summed E-state index contributed by atoms with van der Waals surface area (Å²) in [5.74, 6) is -0.474. The normalized spacial score (nSPS) is 20.5. The van der Waals surface area contributed by atoms with Gasteiger partial charge in [0.1, 0.15) is 0 Å². The molecule has 0 saturated carbocycles. The molecule has 3 nitrogen and oxygen atoms in total. The predicted molar refractivity (Wildman–Crippen MR) is 146 cm³/mol. The maximum Gasteiger partial charge on any atom is 0.192 e. The Morgan fingerprint density at radius 1 is 0.833 bits per heavy atom. The van der Waals surface area contributed by atoms with E-state index in [1.807, 2.05) is 30.3 Å². The van der Waals surface area contributed by atoms with Gasteiger partial charge in [-0.2, -0.15) is 0 Å². The Labute approximate surface area is 221 Å². The summed E-state index contributed by atoms with van der Waals surface area (Å²) in [6.45, 7) is 6.32. The van der Waals surface area contributed by atoms with Crippen molar-refractivity contribution in [3.63, 3.8) is 0 Å². The summed E-state index contributed by atoms with van der Waals surface area (Å²) >= 11 is 12.7. The third-order valence-electron chi connectivity index (χ3n) is 7.46. The van der Waals surface area contributed by atoms with Gasteiger partial charge in [-0.15, -0.1) is 0 Å². The second-order valence-electron chi connectivity index (χ2n) is 10.7. The molecule has 1 unspecified atom stereocenters. The van der Waals surface area contributed by atoms with Crippen LogP contribution < -0.4 is 4.90 Å². The van der Waals surface area contributed by atoms with Crippen LogP contribution in [0.5, 0.6) is 0 Å². The first kappa shape index (κ1) is 23.3. The molecule has 0 N–H and O–H groups in total. The fourth-order valence-corrected chi connectivity index (χ4v) is 6.21. The molecule has 0 aromatic heterocycles. The highest BCUT2D eigenvalue weighted by Crippen LogP contribution is 2.56. The van der Waals surface area contributed by atoms with Gasteiger partial charge < -0.3 is 4.90 Å². The molecule has 0 spiro atoms. The van der Waals surface area contributed by atoms with Crippen LogP contribution in [0, 0.1) is 12.3 Å². The number of ketones is 2. The average molecular weight is 514 g/mol. The van der Waals surface area contributed by atoms with Crippen LogP contribution in [-0.4, -0.2) is 11.6 Å². The Bertz CT molecular complexity index is 1530. The zero-order chi connectivity index (χ0) is 25.4. The zero-order valence-corrected chi connectivity index (χ0v) is 21.9. The number of carbonyl (C=O) groups excluding carboxylic acids is 2.